The molecule has 0 saturated carbocycles. The summed E-state index contributed by atoms with van der Waals surface area (Å²) < 4.78 is 0. The van der Waals surface area contributed by atoms with E-state index >= 15 is 0 Å². The lowest BCUT2D eigenvalue weighted by Gasteiger charge is -1.95. The van der Waals surface area contributed by atoms with Crippen LogP contribution >= 0.6 is 0 Å². The molecule has 0 aliphatic rings. The third-order valence-electron chi connectivity index (χ3n) is 3.38. The lowest BCUT2D eigenvalue weighted by molar-refractivity contribution is -0.384. The maximum absolute atomic E-state index is 12.2. The number of H-pyrrole nitrogens is 2. The van der Waals surface area contributed by atoms with Crippen LogP contribution in [-0.4, -0.2) is 19.9 Å². The summed E-state index contributed by atoms with van der Waals surface area (Å²) in [6.45, 7) is 0. The van der Waals surface area contributed by atoms with Crippen molar-refractivity contribution in [2.24, 2.45) is 0 Å². The first-order valence-electron chi connectivity index (χ1n) is 7.24. The monoisotopic (exact) mass is 336 g/mol. The van der Waals surface area contributed by atoms with Gasteiger partial charge < -0.3 is 9.97 Å². The van der Waals surface area contributed by atoms with E-state index in [0.717, 1.165) is 0 Å². The molecule has 0 saturated heterocycles. The number of nitrogens with one attached hydrogen (secondary N) is 2. The van der Waals surface area contributed by atoms with Gasteiger partial charge in [0.05, 0.1) is 10.6 Å². The number of non-ortho nitro benzene ring substituents is 1. The molecule has 3 aromatic rings. The summed E-state index contributed by atoms with van der Waals surface area (Å²) in [6.07, 6.45) is 4.49. The third kappa shape index (κ3) is 3.75. The fraction of sp³-hybridized carbons (Fsp3) is 0. The van der Waals surface area contributed by atoms with Gasteiger partial charge >= 0.3 is 0 Å². The van der Waals surface area contributed by atoms with E-state index in [9.17, 15) is 19.7 Å². The van der Waals surface area contributed by atoms with Crippen LogP contribution in [-0.2, 0) is 0 Å². The highest BCUT2D eigenvalue weighted by Gasteiger charge is 2.03. The molecule has 0 unspecified atom stereocenters. The van der Waals surface area contributed by atoms with Crippen LogP contribution in [0, 0.1) is 10.1 Å². The number of pyridine rings is 1. The Labute approximate surface area is 140 Å². The van der Waals surface area contributed by atoms with Crippen LogP contribution in [0.3, 0.4) is 0 Å². The van der Waals surface area contributed by atoms with Crippen molar-refractivity contribution in [3.8, 4) is 0 Å². The smallest absolute Gasteiger partial charge is 0.272 e. The third-order valence-corrected chi connectivity index (χ3v) is 3.38. The Hall–Kier alpha value is -3.81. The molecule has 1 aromatic carbocycles. The number of aromatic amines is 2. The van der Waals surface area contributed by atoms with Gasteiger partial charge in [0.25, 0.3) is 16.8 Å². The summed E-state index contributed by atoms with van der Waals surface area (Å²) in [5.74, 6) is 0. The second kappa shape index (κ2) is 6.75. The molecule has 124 valence electrons. The van der Waals surface area contributed by atoms with E-state index in [2.05, 4.69) is 15.0 Å². The molecule has 2 heterocycles. The number of aromatic nitrogens is 3. The van der Waals surface area contributed by atoms with Crippen LogP contribution in [0.1, 0.15) is 11.3 Å². The first kappa shape index (κ1) is 16.1. The van der Waals surface area contributed by atoms with E-state index in [1.807, 2.05) is 0 Å². The number of hydrogen-bond acceptors (Lipinski definition) is 5. The summed E-state index contributed by atoms with van der Waals surface area (Å²) in [6, 6.07) is 10.8. The topological polar surface area (TPSA) is 122 Å². The number of nitrogens with zero attached hydrogens (tertiary/aromatic N) is 2. The van der Waals surface area contributed by atoms with Gasteiger partial charge in [-0.25, -0.2) is 0 Å². The predicted molar refractivity (Wildman–Crippen MR) is 91.4 cm³/mol. The van der Waals surface area contributed by atoms with E-state index in [0.29, 0.717) is 11.3 Å². The van der Waals surface area contributed by atoms with Crippen LogP contribution in [0.4, 0.5) is 5.69 Å². The van der Waals surface area contributed by atoms with Gasteiger partial charge in [-0.05, 0) is 42.0 Å². The quantitative estimate of drug-likeness (QED) is 0.516. The predicted octanol–water partition coefficient (Wildman–Crippen LogP) is 0.0240. The largest absolute Gasteiger partial charge is 0.316 e. The molecule has 2 N–H and O–H groups in total. The van der Waals surface area contributed by atoms with Gasteiger partial charge in [0, 0.05) is 18.3 Å². The number of benzene rings is 1. The molecule has 8 heteroatoms. The van der Waals surface area contributed by atoms with Crippen molar-refractivity contribution in [1.29, 1.82) is 0 Å². The number of nitro benzene ring substituents is 1. The summed E-state index contributed by atoms with van der Waals surface area (Å²) in [5.41, 5.74) is 0.0716. The summed E-state index contributed by atoms with van der Waals surface area (Å²) >= 11 is 0. The zero-order valence-electron chi connectivity index (χ0n) is 12.8. The van der Waals surface area contributed by atoms with Gasteiger partial charge in [-0.3, -0.25) is 24.7 Å². The zero-order valence-corrected chi connectivity index (χ0v) is 12.8. The van der Waals surface area contributed by atoms with E-state index < -0.39 is 16.0 Å². The van der Waals surface area contributed by atoms with Gasteiger partial charge in [0.15, 0.2) is 0 Å². The van der Waals surface area contributed by atoms with E-state index in [-0.39, 0.29) is 16.4 Å². The Balaban J connectivity index is 2.06. The molecule has 0 aliphatic carbocycles. The Morgan fingerprint density at radius 2 is 1.56 bits per heavy atom. The van der Waals surface area contributed by atoms with Crippen molar-refractivity contribution in [2.75, 3.05) is 0 Å². The molecule has 0 radical (unpaired) electrons. The van der Waals surface area contributed by atoms with Crippen molar-refractivity contribution in [3.63, 3.8) is 0 Å². The summed E-state index contributed by atoms with van der Waals surface area (Å²) in [7, 11) is 0. The Morgan fingerprint density at radius 3 is 2.12 bits per heavy atom. The minimum atomic E-state index is -0.513. The minimum Gasteiger partial charge on any atom is -0.316 e. The first-order valence-corrected chi connectivity index (χ1v) is 7.24. The summed E-state index contributed by atoms with van der Waals surface area (Å²) in [4.78, 5) is 43.5. The molecule has 8 nitrogen and oxygen atoms in total. The molecular formula is C17H12N4O4. The van der Waals surface area contributed by atoms with Crippen LogP contribution < -0.4 is 21.8 Å². The van der Waals surface area contributed by atoms with Crippen LogP contribution in [0.25, 0.3) is 12.2 Å². The zero-order chi connectivity index (χ0) is 17.8. The molecule has 25 heavy (non-hydrogen) atoms. The van der Waals surface area contributed by atoms with Crippen molar-refractivity contribution < 1.29 is 4.92 Å². The molecule has 2 aromatic heterocycles. The number of hydrogen-bond donors (Lipinski definition) is 2. The average Bonchev–Trinajstić information content (AvgIpc) is 2.60. The van der Waals surface area contributed by atoms with Crippen molar-refractivity contribution >= 4 is 17.8 Å². The van der Waals surface area contributed by atoms with Crippen molar-refractivity contribution in [3.05, 3.63) is 101 Å². The summed E-state index contributed by atoms with van der Waals surface area (Å²) in [5, 5.41) is 10.8. The van der Waals surface area contributed by atoms with Crippen LogP contribution in [0.5, 0.6) is 0 Å². The number of rotatable bonds is 3. The maximum Gasteiger partial charge on any atom is 0.272 e. The Kier molecular flexibility index (Phi) is 4.34. The van der Waals surface area contributed by atoms with E-state index in [1.54, 1.807) is 24.4 Å². The molecular weight excluding hydrogens is 324 g/mol. The molecule has 0 amide bonds. The molecule has 0 bridgehead atoms. The number of nitro groups is 1. The van der Waals surface area contributed by atoms with Gasteiger partial charge in [0.1, 0.15) is 10.7 Å². The lowest BCUT2D eigenvalue weighted by atomic mass is 10.2. The standard InChI is InChI=1S/C17H12N4O4/c22-16-14(9-11-4-6-13(7-5-11)21(24)25)19-17(23)15(20-16)10-12-3-1-2-8-18-12/h1-10H,(H,19,23)(H,20,22)/b14-9+,15-10+. The first-order chi connectivity index (χ1) is 12.0. The Morgan fingerprint density at radius 1 is 0.920 bits per heavy atom. The second-order valence-corrected chi connectivity index (χ2v) is 5.13. The molecule has 0 aliphatic heterocycles. The highest BCUT2D eigenvalue weighted by atomic mass is 16.6. The molecule has 0 fully saturated rings. The van der Waals surface area contributed by atoms with Crippen LogP contribution in [0.15, 0.2) is 58.3 Å². The molecule has 3 rings (SSSR count). The fourth-order valence-corrected chi connectivity index (χ4v) is 2.16. The van der Waals surface area contributed by atoms with E-state index in [1.165, 1.54) is 36.4 Å². The van der Waals surface area contributed by atoms with E-state index in [4.69, 9.17) is 0 Å². The van der Waals surface area contributed by atoms with Gasteiger partial charge in [0.2, 0.25) is 0 Å². The maximum atomic E-state index is 12.2. The van der Waals surface area contributed by atoms with Gasteiger partial charge in [-0.2, -0.15) is 0 Å². The van der Waals surface area contributed by atoms with Gasteiger partial charge in [-0.15, -0.1) is 0 Å². The fourth-order valence-electron chi connectivity index (χ4n) is 2.16. The van der Waals surface area contributed by atoms with Crippen molar-refractivity contribution in [2.45, 2.75) is 0 Å². The Bertz CT molecular complexity index is 1150. The van der Waals surface area contributed by atoms with Gasteiger partial charge in [-0.1, -0.05) is 6.07 Å². The van der Waals surface area contributed by atoms with Crippen LogP contribution in [0.2, 0.25) is 0 Å². The highest BCUT2D eigenvalue weighted by molar-refractivity contribution is 5.50. The second-order valence-electron chi connectivity index (χ2n) is 5.13. The SMILES string of the molecule is O=c1[nH]/c(=C/c2ccccn2)c(=O)[nH]/c1=C/c1ccc([N+](=O)[O-])cc1. The highest BCUT2D eigenvalue weighted by Crippen LogP contribution is 2.11. The minimum absolute atomic E-state index is 0.0528. The molecule has 0 atom stereocenters. The normalized spacial score (nSPS) is 12.3. The molecule has 0 spiro atoms. The average molecular weight is 336 g/mol. The van der Waals surface area contributed by atoms with Crippen molar-refractivity contribution in [1.82, 2.24) is 15.0 Å². The lowest BCUT2D eigenvalue weighted by Crippen LogP contribution is -2.46.